The molecule has 0 atom stereocenters. The average Bonchev–Trinajstić information content (AvgIpc) is 2.49. The summed E-state index contributed by atoms with van der Waals surface area (Å²) in [5.41, 5.74) is 3.29. The topological polar surface area (TPSA) is 68.1 Å². The molecule has 0 bridgehead atoms. The lowest BCUT2D eigenvalue weighted by Crippen LogP contribution is -1.98. The van der Waals surface area contributed by atoms with Gasteiger partial charge in [-0.15, -0.1) is 5.73 Å². The normalized spacial score (nSPS) is 8.65. The minimum atomic E-state index is -0.460. The summed E-state index contributed by atoms with van der Waals surface area (Å²) in [6.45, 7) is 5.18. The zero-order valence-electron chi connectivity index (χ0n) is 11.1. The fourth-order valence-corrected chi connectivity index (χ4v) is 1.30. The van der Waals surface area contributed by atoms with Crippen molar-refractivity contribution < 1.29 is 4.92 Å². The Labute approximate surface area is 117 Å². The Kier molecular flexibility index (Phi) is 6.24. The third-order valence-electron chi connectivity index (χ3n) is 2.22. The van der Waals surface area contributed by atoms with E-state index in [1.807, 2.05) is 37.3 Å². The van der Waals surface area contributed by atoms with Crippen molar-refractivity contribution in [3.63, 3.8) is 0 Å². The number of benzene rings is 1. The van der Waals surface area contributed by atoms with Crippen molar-refractivity contribution in [2.75, 3.05) is 5.32 Å². The number of hydrogen-bond acceptors (Lipinski definition) is 4. The molecule has 0 fully saturated rings. The van der Waals surface area contributed by atoms with Crippen LogP contribution in [0.25, 0.3) is 0 Å². The Morgan fingerprint density at radius 1 is 1.30 bits per heavy atom. The predicted octanol–water partition coefficient (Wildman–Crippen LogP) is 4.08. The second-order valence-corrected chi connectivity index (χ2v) is 3.61. The monoisotopic (exact) mass is 269 g/mol. The van der Waals surface area contributed by atoms with E-state index in [1.54, 1.807) is 6.08 Å². The fourth-order valence-electron chi connectivity index (χ4n) is 1.30. The van der Waals surface area contributed by atoms with Gasteiger partial charge in [-0.1, -0.05) is 24.8 Å². The fraction of sp³-hybridized carbons (Fsp3) is 0.0667. The molecule has 0 saturated heterocycles. The van der Waals surface area contributed by atoms with Gasteiger partial charge < -0.3 is 5.32 Å². The Morgan fingerprint density at radius 3 is 2.50 bits per heavy atom. The maximum Gasteiger partial charge on any atom is 0.311 e. The number of nitrogens with zero attached hydrogens (tertiary/aromatic N) is 2. The first-order valence-corrected chi connectivity index (χ1v) is 5.91. The molecule has 0 aliphatic rings. The van der Waals surface area contributed by atoms with Crippen LogP contribution >= 0.6 is 0 Å². The minimum Gasteiger partial charge on any atom is -0.334 e. The number of anilines is 2. The van der Waals surface area contributed by atoms with Gasteiger partial charge in [0.1, 0.15) is 0 Å². The highest BCUT2D eigenvalue weighted by atomic mass is 16.6. The molecule has 0 amide bonds. The molecule has 0 radical (unpaired) electrons. The van der Waals surface area contributed by atoms with Gasteiger partial charge >= 0.3 is 5.69 Å². The van der Waals surface area contributed by atoms with Crippen molar-refractivity contribution in [3.8, 4) is 0 Å². The zero-order valence-corrected chi connectivity index (χ0v) is 11.1. The third kappa shape index (κ3) is 4.76. The molecule has 1 N–H and O–H groups in total. The van der Waals surface area contributed by atoms with Crippen LogP contribution in [0.15, 0.2) is 67.0 Å². The smallest absolute Gasteiger partial charge is 0.311 e. The summed E-state index contributed by atoms with van der Waals surface area (Å²) in [6.07, 6.45) is 3.28. The van der Waals surface area contributed by atoms with Crippen LogP contribution in [0.5, 0.6) is 0 Å². The van der Waals surface area contributed by atoms with E-state index >= 15 is 0 Å². The summed E-state index contributed by atoms with van der Waals surface area (Å²) >= 11 is 0. The molecule has 20 heavy (non-hydrogen) atoms. The molecule has 0 saturated carbocycles. The van der Waals surface area contributed by atoms with Crippen LogP contribution in [-0.2, 0) is 0 Å². The zero-order chi connectivity index (χ0) is 14.8. The Hall–Kier alpha value is -2.91. The van der Waals surface area contributed by atoms with Crippen LogP contribution in [0.1, 0.15) is 6.92 Å². The van der Waals surface area contributed by atoms with Crippen LogP contribution in [0.2, 0.25) is 0 Å². The van der Waals surface area contributed by atoms with Crippen molar-refractivity contribution in [1.82, 2.24) is 4.98 Å². The number of aromatic nitrogens is 1. The van der Waals surface area contributed by atoms with Crippen molar-refractivity contribution in [2.45, 2.75) is 6.92 Å². The number of pyridine rings is 1. The summed E-state index contributed by atoms with van der Waals surface area (Å²) in [5, 5.41) is 13.6. The van der Waals surface area contributed by atoms with E-state index in [-0.39, 0.29) is 11.5 Å². The molecule has 0 aliphatic heterocycles. The van der Waals surface area contributed by atoms with Gasteiger partial charge in [-0.3, -0.25) is 10.1 Å². The Balaban J connectivity index is 0.000000444. The van der Waals surface area contributed by atoms with Crippen molar-refractivity contribution in [1.29, 1.82) is 0 Å². The van der Waals surface area contributed by atoms with E-state index in [0.29, 0.717) is 0 Å². The highest BCUT2D eigenvalue weighted by molar-refractivity contribution is 5.64. The van der Waals surface area contributed by atoms with Crippen LogP contribution in [0.4, 0.5) is 17.2 Å². The van der Waals surface area contributed by atoms with Crippen molar-refractivity contribution >= 4 is 17.2 Å². The van der Waals surface area contributed by atoms with E-state index in [0.717, 1.165) is 5.69 Å². The molecular formula is C15H15N3O2. The summed E-state index contributed by atoms with van der Waals surface area (Å²) in [4.78, 5) is 14.2. The van der Waals surface area contributed by atoms with Gasteiger partial charge in [0, 0.05) is 18.0 Å². The number of hydrogen-bond donors (Lipinski definition) is 1. The quantitative estimate of drug-likeness (QED) is 0.518. The molecule has 0 aliphatic carbocycles. The lowest BCUT2D eigenvalue weighted by molar-refractivity contribution is -0.384. The summed E-state index contributed by atoms with van der Waals surface area (Å²) in [6, 6.07) is 12.1. The van der Waals surface area contributed by atoms with Gasteiger partial charge in [-0.2, -0.15) is 0 Å². The Bertz CT molecular complexity index is 606. The number of allylic oxidation sites excluding steroid dienone is 1. The van der Waals surface area contributed by atoms with Crippen LogP contribution in [-0.4, -0.2) is 9.91 Å². The molecule has 2 aromatic rings. The van der Waals surface area contributed by atoms with Crippen molar-refractivity contribution in [3.05, 3.63) is 77.2 Å². The SMILES string of the molecule is C=C=CC.O=[N+]([O-])c1cccnc1Nc1ccccc1. The summed E-state index contributed by atoms with van der Waals surface area (Å²) < 4.78 is 0. The van der Waals surface area contributed by atoms with E-state index in [9.17, 15) is 10.1 Å². The largest absolute Gasteiger partial charge is 0.334 e. The van der Waals surface area contributed by atoms with Gasteiger partial charge in [0.2, 0.25) is 5.82 Å². The molecule has 0 unspecified atom stereocenters. The molecule has 2 rings (SSSR count). The lowest BCUT2D eigenvalue weighted by atomic mass is 10.3. The average molecular weight is 269 g/mol. The highest BCUT2D eigenvalue weighted by Gasteiger charge is 2.13. The second-order valence-electron chi connectivity index (χ2n) is 3.61. The summed E-state index contributed by atoms with van der Waals surface area (Å²) in [7, 11) is 0. The van der Waals surface area contributed by atoms with Crippen LogP contribution in [0.3, 0.4) is 0 Å². The number of nitrogens with one attached hydrogen (secondary N) is 1. The standard InChI is InChI=1S/C11H9N3O2.C4H6/c15-14(16)10-7-4-8-12-11(10)13-9-5-2-1-3-6-9;1-3-4-2/h1-8H,(H,12,13);4H,1H2,2H3. The molecule has 0 spiro atoms. The first-order valence-electron chi connectivity index (χ1n) is 5.91. The number of nitro groups is 1. The van der Waals surface area contributed by atoms with Crippen LogP contribution < -0.4 is 5.32 Å². The first kappa shape index (κ1) is 15.1. The van der Waals surface area contributed by atoms with Gasteiger partial charge in [0.05, 0.1) is 4.92 Å². The number of para-hydroxylation sites is 1. The first-order chi connectivity index (χ1) is 9.69. The third-order valence-corrected chi connectivity index (χ3v) is 2.22. The minimum absolute atomic E-state index is 0.0358. The number of rotatable bonds is 3. The van der Waals surface area contributed by atoms with Gasteiger partial charge in [0.25, 0.3) is 0 Å². The molecule has 1 heterocycles. The molecule has 1 aromatic heterocycles. The maximum absolute atomic E-state index is 10.7. The molecule has 5 heteroatoms. The molecule has 102 valence electrons. The Morgan fingerprint density at radius 2 is 1.95 bits per heavy atom. The van der Waals surface area contributed by atoms with Crippen molar-refractivity contribution in [2.24, 2.45) is 0 Å². The molecule has 1 aromatic carbocycles. The predicted molar refractivity (Wildman–Crippen MR) is 80.0 cm³/mol. The lowest BCUT2D eigenvalue weighted by Gasteiger charge is -2.04. The van der Waals surface area contributed by atoms with E-state index in [1.165, 1.54) is 18.3 Å². The van der Waals surface area contributed by atoms with E-state index in [4.69, 9.17) is 0 Å². The summed E-state index contributed by atoms with van der Waals surface area (Å²) in [5.74, 6) is 0.249. The molecule has 5 nitrogen and oxygen atoms in total. The van der Waals surface area contributed by atoms with Gasteiger partial charge in [-0.25, -0.2) is 4.98 Å². The van der Waals surface area contributed by atoms with Crippen LogP contribution in [0, 0.1) is 10.1 Å². The van der Waals surface area contributed by atoms with Gasteiger partial charge in [0.15, 0.2) is 0 Å². The van der Waals surface area contributed by atoms with E-state index in [2.05, 4.69) is 22.6 Å². The highest BCUT2D eigenvalue weighted by Crippen LogP contribution is 2.23. The second kappa shape index (κ2) is 8.24. The maximum atomic E-state index is 10.7. The van der Waals surface area contributed by atoms with E-state index < -0.39 is 4.92 Å². The van der Waals surface area contributed by atoms with Gasteiger partial charge in [-0.05, 0) is 31.2 Å². The molecular weight excluding hydrogens is 254 g/mol.